The van der Waals surface area contributed by atoms with Crippen molar-refractivity contribution in [2.75, 3.05) is 13.2 Å². The first-order chi connectivity index (χ1) is 9.24. The molecule has 0 aromatic rings. The predicted molar refractivity (Wildman–Crippen MR) is 73.7 cm³/mol. The second kappa shape index (κ2) is 7.06. The molecule has 1 spiro atoms. The molecular formula is C15H25NO3. The summed E-state index contributed by atoms with van der Waals surface area (Å²) in [5, 5.41) is 2.91. The highest BCUT2D eigenvalue weighted by Crippen LogP contribution is 2.36. The minimum absolute atomic E-state index is 0.00535. The van der Waals surface area contributed by atoms with Crippen LogP contribution in [0.15, 0.2) is 12.7 Å². The molecule has 1 atom stereocenters. The lowest BCUT2D eigenvalue weighted by Crippen LogP contribution is -2.35. The Hall–Kier alpha value is -0.870. The zero-order chi connectivity index (χ0) is 13.6. The molecule has 19 heavy (non-hydrogen) atoms. The van der Waals surface area contributed by atoms with Gasteiger partial charge in [-0.3, -0.25) is 4.79 Å². The van der Waals surface area contributed by atoms with E-state index in [0.717, 1.165) is 19.3 Å². The summed E-state index contributed by atoms with van der Waals surface area (Å²) >= 11 is 0. The van der Waals surface area contributed by atoms with E-state index in [1.165, 1.54) is 25.7 Å². The van der Waals surface area contributed by atoms with Gasteiger partial charge in [0.15, 0.2) is 5.79 Å². The Balaban J connectivity index is 1.72. The van der Waals surface area contributed by atoms with E-state index in [1.807, 2.05) is 0 Å². The van der Waals surface area contributed by atoms with Crippen LogP contribution in [0.1, 0.15) is 51.4 Å². The van der Waals surface area contributed by atoms with E-state index in [0.29, 0.717) is 19.6 Å². The number of allylic oxidation sites excluding steroid dienone is 1. The molecule has 2 aliphatic rings. The lowest BCUT2D eigenvalue weighted by Gasteiger charge is -2.26. The number of carbonyl (C=O) groups excluding carboxylic acids is 1. The number of ether oxygens (including phenoxy) is 2. The molecule has 0 radical (unpaired) electrons. The summed E-state index contributed by atoms with van der Waals surface area (Å²) in [4.78, 5) is 11.5. The molecule has 0 unspecified atom stereocenters. The average molecular weight is 267 g/mol. The van der Waals surface area contributed by atoms with Crippen LogP contribution < -0.4 is 5.32 Å². The molecule has 4 heteroatoms. The standard InChI is InChI=1S/C15H25NO3/c1-2-3-8-14(17)16-11-13-12-18-15(19-13)9-6-4-5-7-10-15/h2,13H,1,3-12H2,(H,16,17)/t13-/m0/s1. The van der Waals surface area contributed by atoms with Crippen LogP contribution in [-0.2, 0) is 14.3 Å². The second-order valence-electron chi connectivity index (χ2n) is 5.51. The molecule has 108 valence electrons. The minimum Gasteiger partial charge on any atom is -0.353 e. The lowest BCUT2D eigenvalue weighted by molar-refractivity contribution is -0.175. The predicted octanol–water partition coefficient (Wildman–Crippen LogP) is 2.53. The van der Waals surface area contributed by atoms with Gasteiger partial charge >= 0.3 is 0 Å². The van der Waals surface area contributed by atoms with Crippen molar-refractivity contribution < 1.29 is 14.3 Å². The van der Waals surface area contributed by atoms with Crippen molar-refractivity contribution in [3.05, 3.63) is 12.7 Å². The Morgan fingerprint density at radius 2 is 2.05 bits per heavy atom. The molecule has 1 heterocycles. The Bertz CT molecular complexity index is 309. The van der Waals surface area contributed by atoms with Crippen LogP contribution in [0.3, 0.4) is 0 Å². The summed E-state index contributed by atoms with van der Waals surface area (Å²) in [6.45, 7) is 4.76. The molecule has 0 bridgehead atoms. The van der Waals surface area contributed by atoms with Crippen molar-refractivity contribution in [2.24, 2.45) is 0 Å². The van der Waals surface area contributed by atoms with E-state index in [9.17, 15) is 4.79 Å². The van der Waals surface area contributed by atoms with Crippen molar-refractivity contribution in [1.82, 2.24) is 5.32 Å². The quantitative estimate of drug-likeness (QED) is 0.779. The van der Waals surface area contributed by atoms with Gasteiger partial charge in [-0.15, -0.1) is 6.58 Å². The molecule has 1 aliphatic heterocycles. The van der Waals surface area contributed by atoms with Crippen molar-refractivity contribution in [3.8, 4) is 0 Å². The normalized spacial score (nSPS) is 26.0. The number of amides is 1. The molecular weight excluding hydrogens is 242 g/mol. The number of carbonyl (C=O) groups is 1. The van der Waals surface area contributed by atoms with Gasteiger partial charge in [-0.05, 0) is 19.3 Å². The fourth-order valence-corrected chi connectivity index (χ4v) is 2.80. The number of rotatable bonds is 5. The third-order valence-corrected chi connectivity index (χ3v) is 3.88. The molecule has 1 amide bonds. The van der Waals surface area contributed by atoms with Gasteiger partial charge in [0.05, 0.1) is 6.61 Å². The van der Waals surface area contributed by atoms with Crippen LogP contribution in [0.2, 0.25) is 0 Å². The largest absolute Gasteiger partial charge is 0.353 e. The van der Waals surface area contributed by atoms with E-state index < -0.39 is 0 Å². The van der Waals surface area contributed by atoms with Crippen LogP contribution in [-0.4, -0.2) is 30.9 Å². The summed E-state index contributed by atoms with van der Waals surface area (Å²) in [6.07, 6.45) is 9.88. The third-order valence-electron chi connectivity index (χ3n) is 3.88. The topological polar surface area (TPSA) is 47.6 Å². The Labute approximate surface area is 115 Å². The summed E-state index contributed by atoms with van der Waals surface area (Å²) in [5.41, 5.74) is 0. The van der Waals surface area contributed by atoms with Gasteiger partial charge in [0.1, 0.15) is 6.10 Å². The van der Waals surface area contributed by atoms with E-state index in [1.54, 1.807) is 6.08 Å². The molecule has 1 saturated heterocycles. The number of hydrogen-bond donors (Lipinski definition) is 1. The van der Waals surface area contributed by atoms with Crippen LogP contribution in [0.5, 0.6) is 0 Å². The maximum absolute atomic E-state index is 11.5. The second-order valence-corrected chi connectivity index (χ2v) is 5.51. The Kier molecular flexibility index (Phi) is 5.40. The van der Waals surface area contributed by atoms with Gasteiger partial charge in [-0.25, -0.2) is 0 Å². The molecule has 4 nitrogen and oxygen atoms in total. The van der Waals surface area contributed by atoms with Gasteiger partial charge in [-0.2, -0.15) is 0 Å². The summed E-state index contributed by atoms with van der Waals surface area (Å²) in [5.74, 6) is -0.294. The van der Waals surface area contributed by atoms with Crippen molar-refractivity contribution in [1.29, 1.82) is 0 Å². The van der Waals surface area contributed by atoms with Crippen LogP contribution in [0, 0.1) is 0 Å². The van der Waals surface area contributed by atoms with Crippen molar-refractivity contribution >= 4 is 5.91 Å². The monoisotopic (exact) mass is 267 g/mol. The van der Waals surface area contributed by atoms with Crippen molar-refractivity contribution in [3.63, 3.8) is 0 Å². The average Bonchev–Trinajstić information content (AvgIpc) is 2.66. The Morgan fingerprint density at radius 3 is 2.74 bits per heavy atom. The van der Waals surface area contributed by atoms with E-state index in [2.05, 4.69) is 11.9 Å². The SMILES string of the molecule is C=CCCC(=O)NC[C@H]1COC2(CCCCCC2)O1. The molecule has 1 saturated carbocycles. The molecule has 0 aromatic carbocycles. The Morgan fingerprint density at radius 1 is 1.32 bits per heavy atom. The van der Waals surface area contributed by atoms with Gasteiger partial charge < -0.3 is 14.8 Å². The molecule has 1 aliphatic carbocycles. The third kappa shape index (κ3) is 4.32. The highest BCUT2D eigenvalue weighted by molar-refractivity contribution is 5.75. The van der Waals surface area contributed by atoms with Crippen molar-refractivity contribution in [2.45, 2.75) is 63.3 Å². The summed E-state index contributed by atoms with van der Waals surface area (Å²) in [7, 11) is 0. The fraction of sp³-hybridized carbons (Fsp3) is 0.800. The van der Waals surface area contributed by atoms with Crippen LogP contribution in [0.25, 0.3) is 0 Å². The highest BCUT2D eigenvalue weighted by Gasteiger charge is 2.41. The minimum atomic E-state index is -0.354. The number of nitrogens with one attached hydrogen (secondary N) is 1. The lowest BCUT2D eigenvalue weighted by atomic mass is 10.1. The van der Waals surface area contributed by atoms with Gasteiger partial charge in [-0.1, -0.05) is 18.9 Å². The van der Waals surface area contributed by atoms with Crippen LogP contribution in [0.4, 0.5) is 0 Å². The molecule has 1 N–H and O–H groups in total. The highest BCUT2D eigenvalue weighted by atomic mass is 16.7. The first-order valence-electron chi connectivity index (χ1n) is 7.43. The van der Waals surface area contributed by atoms with E-state index in [-0.39, 0.29) is 17.8 Å². The maximum atomic E-state index is 11.5. The van der Waals surface area contributed by atoms with Gasteiger partial charge in [0, 0.05) is 25.8 Å². The zero-order valence-electron chi connectivity index (χ0n) is 11.7. The summed E-state index contributed by atoms with van der Waals surface area (Å²) in [6, 6.07) is 0. The molecule has 2 fully saturated rings. The molecule has 2 rings (SSSR count). The maximum Gasteiger partial charge on any atom is 0.220 e. The van der Waals surface area contributed by atoms with E-state index >= 15 is 0 Å². The summed E-state index contributed by atoms with van der Waals surface area (Å²) < 4.78 is 12.0. The van der Waals surface area contributed by atoms with Gasteiger partial charge in [0.25, 0.3) is 0 Å². The number of hydrogen-bond acceptors (Lipinski definition) is 3. The van der Waals surface area contributed by atoms with Crippen LogP contribution >= 0.6 is 0 Å². The first-order valence-corrected chi connectivity index (χ1v) is 7.43. The van der Waals surface area contributed by atoms with E-state index in [4.69, 9.17) is 9.47 Å². The van der Waals surface area contributed by atoms with Gasteiger partial charge in [0.2, 0.25) is 5.91 Å². The zero-order valence-corrected chi connectivity index (χ0v) is 11.7. The smallest absolute Gasteiger partial charge is 0.220 e. The fourth-order valence-electron chi connectivity index (χ4n) is 2.80. The first kappa shape index (κ1) is 14.5. The molecule has 0 aromatic heterocycles.